The van der Waals surface area contributed by atoms with Gasteiger partial charge in [0.2, 0.25) is 0 Å². The highest BCUT2D eigenvalue weighted by Crippen LogP contribution is 2.23. The van der Waals surface area contributed by atoms with E-state index in [9.17, 15) is 9.59 Å². The van der Waals surface area contributed by atoms with Crippen LogP contribution in [0.5, 0.6) is 0 Å². The Hall–Kier alpha value is -1.98. The van der Waals surface area contributed by atoms with Crippen LogP contribution in [0.4, 0.5) is 10.5 Å². The standard InChI is InChI=1S/C19H19ClN2O2S/c1-25-17-8-2-13(3-9-17)18(23)14-10-11-22(12-14)19(24)21-16-6-4-15(20)5-7-16/h2-9,14H,10-12H2,1H3,(H,21,24). The lowest BCUT2D eigenvalue weighted by Crippen LogP contribution is -2.33. The summed E-state index contributed by atoms with van der Waals surface area (Å²) in [6.45, 7) is 1.03. The summed E-state index contributed by atoms with van der Waals surface area (Å²) in [7, 11) is 0. The molecule has 25 heavy (non-hydrogen) atoms. The molecule has 1 N–H and O–H groups in total. The lowest BCUT2D eigenvalue weighted by molar-refractivity contribution is 0.0925. The first-order chi connectivity index (χ1) is 12.1. The SMILES string of the molecule is CSc1ccc(C(=O)C2CCN(C(=O)Nc3ccc(Cl)cc3)C2)cc1. The molecule has 1 aliphatic rings. The minimum Gasteiger partial charge on any atom is -0.324 e. The molecule has 0 aliphatic carbocycles. The van der Waals surface area contributed by atoms with Gasteiger partial charge in [-0.3, -0.25) is 4.79 Å². The number of likely N-dealkylation sites (tertiary alicyclic amines) is 1. The second kappa shape index (κ2) is 7.93. The number of nitrogens with zero attached hydrogens (tertiary/aromatic N) is 1. The number of benzene rings is 2. The number of Topliss-reactive ketones (excluding diaryl/α,β-unsaturated/α-hetero) is 1. The maximum atomic E-state index is 12.6. The molecule has 0 saturated carbocycles. The maximum absolute atomic E-state index is 12.6. The van der Waals surface area contributed by atoms with Crippen LogP contribution in [0.15, 0.2) is 53.4 Å². The van der Waals surface area contributed by atoms with Crippen molar-refractivity contribution in [2.24, 2.45) is 5.92 Å². The number of ketones is 1. The van der Waals surface area contributed by atoms with E-state index in [1.54, 1.807) is 40.9 Å². The van der Waals surface area contributed by atoms with Gasteiger partial charge in [-0.15, -0.1) is 11.8 Å². The second-order valence-electron chi connectivity index (χ2n) is 5.96. The van der Waals surface area contributed by atoms with Crippen LogP contribution < -0.4 is 5.32 Å². The Morgan fingerprint density at radius 1 is 1.12 bits per heavy atom. The van der Waals surface area contributed by atoms with Crippen LogP contribution in [0.1, 0.15) is 16.8 Å². The first-order valence-electron chi connectivity index (χ1n) is 8.06. The van der Waals surface area contributed by atoms with Crippen LogP contribution in [0, 0.1) is 5.92 Å². The number of rotatable bonds is 4. The van der Waals surface area contributed by atoms with Gasteiger partial charge in [0, 0.05) is 40.2 Å². The van der Waals surface area contributed by atoms with E-state index in [1.165, 1.54) is 0 Å². The number of nitrogens with one attached hydrogen (secondary N) is 1. The van der Waals surface area contributed by atoms with Gasteiger partial charge in [-0.1, -0.05) is 23.7 Å². The lowest BCUT2D eigenvalue weighted by Gasteiger charge is -2.17. The van der Waals surface area contributed by atoms with Gasteiger partial charge in [0.25, 0.3) is 0 Å². The predicted molar refractivity (Wildman–Crippen MR) is 103 cm³/mol. The molecule has 0 radical (unpaired) electrons. The van der Waals surface area contributed by atoms with Crippen molar-refractivity contribution in [1.29, 1.82) is 0 Å². The van der Waals surface area contributed by atoms with Crippen molar-refractivity contribution in [2.75, 3.05) is 24.7 Å². The fraction of sp³-hybridized carbons (Fsp3) is 0.263. The molecule has 2 aromatic rings. The van der Waals surface area contributed by atoms with Crippen LogP contribution in [0.3, 0.4) is 0 Å². The third-order valence-electron chi connectivity index (χ3n) is 4.32. The number of carbonyl (C=O) groups excluding carboxylic acids is 2. The summed E-state index contributed by atoms with van der Waals surface area (Å²) in [4.78, 5) is 27.8. The highest BCUT2D eigenvalue weighted by atomic mass is 35.5. The van der Waals surface area contributed by atoms with Crippen LogP contribution in [-0.4, -0.2) is 36.1 Å². The summed E-state index contributed by atoms with van der Waals surface area (Å²) in [5, 5.41) is 3.46. The van der Waals surface area contributed by atoms with Crippen molar-refractivity contribution in [3.8, 4) is 0 Å². The summed E-state index contributed by atoms with van der Waals surface area (Å²) < 4.78 is 0. The Balaban J connectivity index is 1.59. The van der Waals surface area contributed by atoms with E-state index >= 15 is 0 Å². The molecule has 1 fully saturated rings. The molecule has 1 unspecified atom stereocenters. The third kappa shape index (κ3) is 4.35. The molecule has 1 saturated heterocycles. The normalized spacial score (nSPS) is 16.7. The zero-order chi connectivity index (χ0) is 17.8. The summed E-state index contributed by atoms with van der Waals surface area (Å²) in [5.41, 5.74) is 1.40. The Morgan fingerprint density at radius 3 is 2.44 bits per heavy atom. The number of urea groups is 1. The number of carbonyl (C=O) groups is 2. The molecule has 0 spiro atoms. The average Bonchev–Trinajstić information content (AvgIpc) is 3.13. The maximum Gasteiger partial charge on any atom is 0.321 e. The molecule has 0 aromatic heterocycles. The zero-order valence-electron chi connectivity index (χ0n) is 13.9. The Labute approximate surface area is 156 Å². The molecule has 2 amide bonds. The molecule has 0 bridgehead atoms. The largest absolute Gasteiger partial charge is 0.324 e. The van der Waals surface area contributed by atoms with Crippen molar-refractivity contribution < 1.29 is 9.59 Å². The van der Waals surface area contributed by atoms with E-state index in [0.717, 1.165) is 4.90 Å². The van der Waals surface area contributed by atoms with Gasteiger partial charge >= 0.3 is 6.03 Å². The predicted octanol–water partition coefficient (Wildman–Crippen LogP) is 4.80. The van der Waals surface area contributed by atoms with Crippen molar-refractivity contribution >= 4 is 40.9 Å². The van der Waals surface area contributed by atoms with E-state index in [1.807, 2.05) is 30.5 Å². The van der Waals surface area contributed by atoms with E-state index in [4.69, 9.17) is 11.6 Å². The molecule has 6 heteroatoms. The average molecular weight is 375 g/mol. The first kappa shape index (κ1) is 17.8. The van der Waals surface area contributed by atoms with Gasteiger partial charge in [0.1, 0.15) is 0 Å². The fourth-order valence-electron chi connectivity index (χ4n) is 2.89. The topological polar surface area (TPSA) is 49.4 Å². The number of hydrogen-bond acceptors (Lipinski definition) is 3. The molecule has 4 nitrogen and oxygen atoms in total. The molecule has 2 aromatic carbocycles. The lowest BCUT2D eigenvalue weighted by atomic mass is 9.97. The number of anilines is 1. The van der Waals surface area contributed by atoms with Gasteiger partial charge in [-0.25, -0.2) is 4.79 Å². The summed E-state index contributed by atoms with van der Waals surface area (Å²) in [6.07, 6.45) is 2.70. The van der Waals surface area contributed by atoms with Crippen molar-refractivity contribution in [2.45, 2.75) is 11.3 Å². The highest BCUT2D eigenvalue weighted by Gasteiger charge is 2.31. The van der Waals surface area contributed by atoms with E-state index < -0.39 is 0 Å². The Morgan fingerprint density at radius 2 is 1.80 bits per heavy atom. The van der Waals surface area contributed by atoms with Gasteiger partial charge in [0.15, 0.2) is 5.78 Å². The van der Waals surface area contributed by atoms with Gasteiger partial charge in [-0.2, -0.15) is 0 Å². The van der Waals surface area contributed by atoms with Gasteiger partial charge in [-0.05, 0) is 49.1 Å². The first-order valence-corrected chi connectivity index (χ1v) is 9.67. The van der Waals surface area contributed by atoms with E-state index in [0.29, 0.717) is 35.8 Å². The smallest absolute Gasteiger partial charge is 0.321 e. The van der Waals surface area contributed by atoms with Crippen LogP contribution in [-0.2, 0) is 0 Å². The summed E-state index contributed by atoms with van der Waals surface area (Å²) >= 11 is 7.49. The molecule has 1 aliphatic heterocycles. The van der Waals surface area contributed by atoms with Crippen molar-refractivity contribution in [3.63, 3.8) is 0 Å². The molecule has 130 valence electrons. The number of hydrogen-bond donors (Lipinski definition) is 1. The minimum absolute atomic E-state index is 0.106. The van der Waals surface area contributed by atoms with Crippen molar-refractivity contribution in [3.05, 3.63) is 59.1 Å². The quantitative estimate of drug-likeness (QED) is 0.617. The molecular formula is C19H19ClN2O2S. The van der Waals surface area contributed by atoms with Crippen LogP contribution in [0.25, 0.3) is 0 Å². The molecular weight excluding hydrogens is 356 g/mol. The number of thioether (sulfide) groups is 1. The van der Waals surface area contributed by atoms with Gasteiger partial charge in [0.05, 0.1) is 0 Å². The molecule has 3 rings (SSSR count). The summed E-state index contributed by atoms with van der Waals surface area (Å²) in [6, 6.07) is 14.4. The van der Waals surface area contributed by atoms with Crippen LogP contribution >= 0.6 is 23.4 Å². The molecule has 1 atom stereocenters. The monoisotopic (exact) mass is 374 g/mol. The third-order valence-corrected chi connectivity index (χ3v) is 5.31. The number of halogens is 1. The fourth-order valence-corrected chi connectivity index (χ4v) is 3.42. The number of amides is 2. The van der Waals surface area contributed by atoms with E-state index in [-0.39, 0.29) is 17.7 Å². The summed E-state index contributed by atoms with van der Waals surface area (Å²) in [5.74, 6) is -0.0365. The molecule has 1 heterocycles. The zero-order valence-corrected chi connectivity index (χ0v) is 15.4. The Kier molecular flexibility index (Phi) is 5.66. The second-order valence-corrected chi connectivity index (χ2v) is 7.28. The Bertz CT molecular complexity index is 762. The van der Waals surface area contributed by atoms with Crippen molar-refractivity contribution in [1.82, 2.24) is 4.90 Å². The van der Waals surface area contributed by atoms with E-state index in [2.05, 4.69) is 5.32 Å². The highest BCUT2D eigenvalue weighted by molar-refractivity contribution is 7.98. The minimum atomic E-state index is -0.185. The van der Waals surface area contributed by atoms with Crippen LogP contribution in [0.2, 0.25) is 5.02 Å². The van der Waals surface area contributed by atoms with Gasteiger partial charge < -0.3 is 10.2 Å².